The van der Waals surface area contributed by atoms with Gasteiger partial charge in [-0.2, -0.15) is 0 Å². The van der Waals surface area contributed by atoms with E-state index in [1.807, 2.05) is 30.3 Å². The van der Waals surface area contributed by atoms with Crippen molar-refractivity contribution in [2.24, 2.45) is 29.6 Å². The number of imide groups is 1. The summed E-state index contributed by atoms with van der Waals surface area (Å²) in [4.78, 5) is 46.1. The molecule has 2 amide bonds. The summed E-state index contributed by atoms with van der Waals surface area (Å²) in [6.45, 7) is 2.45. The van der Waals surface area contributed by atoms with E-state index < -0.39 is 5.92 Å². The predicted molar refractivity (Wildman–Crippen MR) is 171 cm³/mol. The molecule has 4 aromatic rings. The van der Waals surface area contributed by atoms with Gasteiger partial charge in [0.1, 0.15) is 18.1 Å². The number of thiazole rings is 1. The summed E-state index contributed by atoms with van der Waals surface area (Å²) in [7, 11) is 1.59. The van der Waals surface area contributed by atoms with Gasteiger partial charge in [-0.15, -0.1) is 11.8 Å². The minimum atomic E-state index is -0.396. The number of rotatable bonds is 6. The fraction of sp³-hybridized carbons (Fsp3) is 0.324. The Hall–Kier alpha value is -3.53. The van der Waals surface area contributed by atoms with Crippen LogP contribution in [0.2, 0.25) is 5.02 Å². The van der Waals surface area contributed by atoms with E-state index in [9.17, 15) is 14.4 Å². The first-order valence-electron chi connectivity index (χ1n) is 14.7. The summed E-state index contributed by atoms with van der Waals surface area (Å²) >= 11 is 9.52. The topological polar surface area (TPSA) is 88.7 Å². The molecule has 7 atom stereocenters. The number of methoxy groups -OCH3 is 1. The molecule has 224 valence electrons. The Balaban J connectivity index is 1.19. The number of aromatic nitrogens is 1. The number of nitrogens with zero attached hydrogens (tertiary/aromatic N) is 1. The van der Waals surface area contributed by atoms with Gasteiger partial charge in [0.05, 0.1) is 29.7 Å². The monoisotopic (exact) mass is 644 g/mol. The van der Waals surface area contributed by atoms with Crippen LogP contribution in [-0.2, 0) is 16.2 Å². The Morgan fingerprint density at radius 3 is 2.50 bits per heavy atom. The standard InChI is InChI=1S/C34H29ClN2O5S2/c1-16-4-3-5-17(12-16)15-42-24-11-6-18(35)13-21(24)25-26-22-14-23(29(26)43-31-30(25)44-34(40)36-31)28-27(22)32(38)37(33(28)39)19-7-9-20(41-2)10-8-19/h3-13,22-23,25-29H,14-15H2,1-2H3,(H,36,40)/t22?,23?,25-,26?,27?,28?,29?/m1/s1. The lowest BCUT2D eigenvalue weighted by molar-refractivity contribution is -0.123. The van der Waals surface area contributed by atoms with Gasteiger partial charge in [-0.05, 0) is 79.1 Å². The zero-order chi connectivity index (χ0) is 30.3. The molecule has 2 aliphatic heterocycles. The number of anilines is 1. The Morgan fingerprint density at radius 1 is 0.977 bits per heavy atom. The van der Waals surface area contributed by atoms with E-state index in [1.165, 1.54) is 16.2 Å². The molecule has 10 heteroatoms. The zero-order valence-corrected chi connectivity index (χ0v) is 26.4. The summed E-state index contributed by atoms with van der Waals surface area (Å²) in [6.07, 6.45) is 0.807. The summed E-state index contributed by atoms with van der Waals surface area (Å²) in [6, 6.07) is 21.0. The Morgan fingerprint density at radius 2 is 1.75 bits per heavy atom. The fourth-order valence-electron chi connectivity index (χ4n) is 8.21. The zero-order valence-electron chi connectivity index (χ0n) is 24.0. The lowest BCUT2D eigenvalue weighted by Gasteiger charge is -2.43. The van der Waals surface area contributed by atoms with E-state index in [1.54, 1.807) is 43.1 Å². The van der Waals surface area contributed by atoms with Gasteiger partial charge in [0, 0.05) is 26.6 Å². The van der Waals surface area contributed by atoms with E-state index in [2.05, 4.69) is 24.0 Å². The highest BCUT2D eigenvalue weighted by Crippen LogP contribution is 2.69. The summed E-state index contributed by atoms with van der Waals surface area (Å²) in [5.74, 6) is 0.220. The fourth-order valence-corrected chi connectivity index (χ4v) is 11.3. The molecule has 1 saturated heterocycles. The molecule has 2 aliphatic carbocycles. The number of hydrogen-bond donors (Lipinski definition) is 1. The smallest absolute Gasteiger partial charge is 0.305 e. The van der Waals surface area contributed by atoms with E-state index in [0.29, 0.717) is 28.8 Å². The van der Waals surface area contributed by atoms with Crippen molar-refractivity contribution in [2.75, 3.05) is 12.0 Å². The lowest BCUT2D eigenvalue weighted by Crippen LogP contribution is -2.42. The minimum Gasteiger partial charge on any atom is -0.497 e. The molecule has 7 nitrogen and oxygen atoms in total. The van der Waals surface area contributed by atoms with Gasteiger partial charge in [0.15, 0.2) is 0 Å². The van der Waals surface area contributed by atoms with E-state index in [-0.39, 0.29) is 51.5 Å². The third-order valence-corrected chi connectivity index (χ3v) is 12.7. The molecule has 3 aromatic carbocycles. The average Bonchev–Trinajstić information content (AvgIpc) is 3.75. The van der Waals surface area contributed by atoms with Crippen molar-refractivity contribution < 1.29 is 19.1 Å². The number of thioether (sulfide) groups is 1. The van der Waals surface area contributed by atoms with Crippen LogP contribution in [0.1, 0.15) is 33.9 Å². The number of aryl methyl sites for hydroxylation is 1. The molecule has 0 spiro atoms. The molecular formula is C34H29ClN2O5S2. The number of fused-ring (bicyclic) bond motifs is 9. The number of ether oxygens (including phenoxy) is 2. The van der Waals surface area contributed by atoms with Gasteiger partial charge in [-0.25, -0.2) is 0 Å². The SMILES string of the molecule is COc1ccc(N2C(=O)C3C4CC(C3C2=O)C2C4Sc3[nH]c(=O)sc3[C@@H]2c2cc(Cl)ccc2OCc2cccc(C)c2)cc1. The first kappa shape index (κ1) is 28.0. The van der Waals surface area contributed by atoms with Gasteiger partial charge in [-0.1, -0.05) is 52.8 Å². The van der Waals surface area contributed by atoms with Crippen molar-refractivity contribution in [1.82, 2.24) is 4.98 Å². The molecule has 3 fully saturated rings. The van der Waals surface area contributed by atoms with Crippen LogP contribution in [0.5, 0.6) is 11.5 Å². The molecule has 2 saturated carbocycles. The van der Waals surface area contributed by atoms with Crippen molar-refractivity contribution in [1.29, 1.82) is 0 Å². The van der Waals surface area contributed by atoms with Crippen molar-refractivity contribution in [3.8, 4) is 11.5 Å². The highest BCUT2D eigenvalue weighted by molar-refractivity contribution is 8.00. The normalized spacial score (nSPS) is 28.2. The lowest BCUT2D eigenvalue weighted by atomic mass is 9.68. The number of amides is 2. The number of aromatic amines is 1. The van der Waals surface area contributed by atoms with Gasteiger partial charge < -0.3 is 14.5 Å². The van der Waals surface area contributed by atoms with Crippen LogP contribution in [0, 0.1) is 36.5 Å². The van der Waals surface area contributed by atoms with Crippen LogP contribution in [0.4, 0.5) is 5.69 Å². The molecule has 3 heterocycles. The molecule has 6 unspecified atom stereocenters. The number of carbonyl (C=O) groups excluding carboxylic acids is 2. The van der Waals surface area contributed by atoms with Crippen molar-refractivity contribution in [3.63, 3.8) is 0 Å². The quantitative estimate of drug-likeness (QED) is 0.236. The minimum absolute atomic E-state index is 0.0128. The molecule has 44 heavy (non-hydrogen) atoms. The van der Waals surface area contributed by atoms with Crippen molar-refractivity contribution >= 4 is 52.2 Å². The van der Waals surface area contributed by atoms with E-state index in [4.69, 9.17) is 21.1 Å². The van der Waals surface area contributed by atoms with E-state index >= 15 is 0 Å². The number of benzene rings is 3. The molecule has 0 radical (unpaired) electrons. The highest BCUT2D eigenvalue weighted by Gasteiger charge is 2.69. The second kappa shape index (κ2) is 10.5. The predicted octanol–water partition coefficient (Wildman–Crippen LogP) is 6.66. The largest absolute Gasteiger partial charge is 0.497 e. The summed E-state index contributed by atoms with van der Waals surface area (Å²) < 4.78 is 11.8. The van der Waals surface area contributed by atoms with E-state index in [0.717, 1.165) is 33.0 Å². The second-order valence-electron chi connectivity index (χ2n) is 12.1. The molecular weight excluding hydrogens is 616 g/mol. The van der Waals surface area contributed by atoms with Crippen LogP contribution in [0.3, 0.4) is 0 Å². The van der Waals surface area contributed by atoms with Crippen LogP contribution in [-0.4, -0.2) is 29.2 Å². The molecule has 4 aliphatic rings. The molecule has 1 aromatic heterocycles. The average molecular weight is 645 g/mol. The van der Waals surface area contributed by atoms with Crippen LogP contribution < -0.4 is 19.2 Å². The number of hydrogen-bond acceptors (Lipinski definition) is 7. The molecule has 1 N–H and O–H groups in total. The number of nitrogens with one attached hydrogen (secondary N) is 1. The first-order valence-corrected chi connectivity index (χ1v) is 16.8. The molecule has 8 rings (SSSR count). The second-order valence-corrected chi connectivity index (χ2v) is 14.8. The maximum Gasteiger partial charge on any atom is 0.305 e. The molecule has 2 bridgehead atoms. The maximum absolute atomic E-state index is 14.1. The van der Waals surface area contributed by atoms with Crippen LogP contribution >= 0.6 is 34.7 Å². The number of halogens is 1. The third-order valence-electron chi connectivity index (χ3n) is 9.84. The van der Waals surface area contributed by atoms with Gasteiger partial charge >= 0.3 is 4.87 Å². The summed E-state index contributed by atoms with van der Waals surface area (Å²) in [5, 5.41) is 1.50. The van der Waals surface area contributed by atoms with Crippen LogP contribution in [0.25, 0.3) is 0 Å². The number of carbonyl (C=O) groups is 2. The van der Waals surface area contributed by atoms with Crippen LogP contribution in [0.15, 0.2) is 76.6 Å². The van der Waals surface area contributed by atoms with Gasteiger partial charge in [0.2, 0.25) is 11.8 Å². The Kier molecular flexibility index (Phi) is 6.70. The Labute approximate surface area is 267 Å². The first-order chi connectivity index (χ1) is 21.3. The Bertz CT molecular complexity index is 1870. The van der Waals surface area contributed by atoms with Crippen molar-refractivity contribution in [2.45, 2.75) is 36.1 Å². The third kappa shape index (κ3) is 4.27. The van der Waals surface area contributed by atoms with Gasteiger partial charge in [-0.3, -0.25) is 19.3 Å². The maximum atomic E-state index is 14.1. The number of H-pyrrole nitrogens is 1. The van der Waals surface area contributed by atoms with Crippen molar-refractivity contribution in [3.05, 3.63) is 103 Å². The highest BCUT2D eigenvalue weighted by atomic mass is 35.5. The van der Waals surface area contributed by atoms with Gasteiger partial charge in [0.25, 0.3) is 0 Å². The summed E-state index contributed by atoms with van der Waals surface area (Å²) in [5.41, 5.74) is 3.72.